The lowest BCUT2D eigenvalue weighted by Gasteiger charge is -2.26. The summed E-state index contributed by atoms with van der Waals surface area (Å²) in [5, 5.41) is 21.1. The summed E-state index contributed by atoms with van der Waals surface area (Å²) in [6, 6.07) is 5.63. The molecule has 0 heterocycles. The molecule has 0 aromatic heterocycles. The van der Waals surface area contributed by atoms with Gasteiger partial charge in [-0.3, -0.25) is 19.2 Å². The Balaban J connectivity index is 2.15. The zero-order chi connectivity index (χ0) is 38.5. The van der Waals surface area contributed by atoms with E-state index in [-0.39, 0.29) is 41.7 Å². The van der Waals surface area contributed by atoms with Gasteiger partial charge in [0.25, 0.3) is 0 Å². The second kappa shape index (κ2) is 20.5. The van der Waals surface area contributed by atoms with Gasteiger partial charge in [0.2, 0.25) is 33.7 Å². The van der Waals surface area contributed by atoms with Gasteiger partial charge in [0.15, 0.2) is 0 Å². The van der Waals surface area contributed by atoms with Gasteiger partial charge < -0.3 is 31.3 Å². The third kappa shape index (κ3) is 13.5. The van der Waals surface area contributed by atoms with Gasteiger partial charge in [-0.05, 0) is 55.2 Å². The van der Waals surface area contributed by atoms with E-state index in [9.17, 15) is 37.5 Å². The number of nitrogens with zero attached hydrogens (tertiary/aromatic N) is 1. The minimum Gasteiger partial charge on any atom is -0.480 e. The quantitative estimate of drug-likeness (QED) is 0.0921. The monoisotopic (exact) mass is 768 g/mol. The Hall–Kier alpha value is -3.54. The van der Waals surface area contributed by atoms with Crippen molar-refractivity contribution in [3.63, 3.8) is 0 Å². The summed E-state index contributed by atoms with van der Waals surface area (Å²) in [4.78, 5) is 66.5. The molecule has 0 fully saturated rings. The van der Waals surface area contributed by atoms with Gasteiger partial charge in [0.1, 0.15) is 24.2 Å². The number of nitrogens with one attached hydrogen (secondary N) is 5. The maximum Gasteiger partial charge on any atom is 0.326 e. The standard InChI is InChI=1S/C34H52N6O8S3/c1-20(2)16-25(32(43)37-24(14-15-50-7)31(42)39-26(34(45)46)17-21(3)4)38-33(44)27(19-49)36-30(41)18-35-51(47,48)29-13-9-10-22-23(29)11-8-12-28(22)40(5)6/h8-13,20-21,24-27,35,49H,14-19H2,1-7H3,(H,36,41)(H,37,43)(H,38,44)(H,39,42)(H,45,46)/t24-,25-,26-,27-/m0/s1. The molecular formula is C34H52N6O8S3. The first-order valence-electron chi connectivity index (χ1n) is 16.6. The highest BCUT2D eigenvalue weighted by molar-refractivity contribution is 7.98. The number of carbonyl (C=O) groups excluding carboxylic acids is 4. The number of amides is 4. The van der Waals surface area contributed by atoms with Crippen molar-refractivity contribution in [2.24, 2.45) is 11.8 Å². The fourth-order valence-corrected chi connectivity index (χ4v) is 7.21. The number of sulfonamides is 1. The van der Waals surface area contributed by atoms with Crippen LogP contribution in [-0.4, -0.2) is 106 Å². The third-order valence-corrected chi connectivity index (χ3v) is 10.3. The molecule has 4 amide bonds. The summed E-state index contributed by atoms with van der Waals surface area (Å²) in [6.45, 7) is 6.68. The molecule has 2 aromatic carbocycles. The molecule has 0 spiro atoms. The van der Waals surface area contributed by atoms with E-state index in [1.807, 2.05) is 59.0 Å². The van der Waals surface area contributed by atoms with Gasteiger partial charge in [0, 0.05) is 36.3 Å². The predicted molar refractivity (Wildman–Crippen MR) is 205 cm³/mol. The maximum atomic E-state index is 13.5. The Bertz CT molecular complexity index is 1640. The molecule has 0 aliphatic carbocycles. The number of fused-ring (bicyclic) bond motifs is 1. The minimum atomic E-state index is -4.14. The van der Waals surface area contributed by atoms with E-state index >= 15 is 0 Å². The third-order valence-electron chi connectivity index (χ3n) is 7.79. The second-order valence-electron chi connectivity index (χ2n) is 13.2. The van der Waals surface area contributed by atoms with Gasteiger partial charge in [-0.25, -0.2) is 17.9 Å². The summed E-state index contributed by atoms with van der Waals surface area (Å²) in [7, 11) is -0.450. The number of carboxylic acid groups (broad SMARTS) is 1. The Labute approximate surface area is 310 Å². The van der Waals surface area contributed by atoms with Crippen LogP contribution in [0.15, 0.2) is 41.3 Å². The van der Waals surface area contributed by atoms with E-state index in [1.165, 1.54) is 17.8 Å². The van der Waals surface area contributed by atoms with Crippen LogP contribution in [0.1, 0.15) is 47.0 Å². The molecule has 0 radical (unpaired) electrons. The first kappa shape index (κ1) is 43.6. The van der Waals surface area contributed by atoms with E-state index in [1.54, 1.807) is 24.3 Å². The normalized spacial score (nSPS) is 14.0. The molecule has 17 heteroatoms. The van der Waals surface area contributed by atoms with Crippen LogP contribution in [0.4, 0.5) is 5.69 Å². The molecule has 0 unspecified atom stereocenters. The van der Waals surface area contributed by atoms with E-state index in [0.29, 0.717) is 16.5 Å². The second-order valence-corrected chi connectivity index (χ2v) is 16.3. The highest BCUT2D eigenvalue weighted by Gasteiger charge is 2.32. The SMILES string of the molecule is CSCC[C@H](NC(=O)[C@H](CC(C)C)NC(=O)[C@H](CS)NC(=O)CNS(=O)(=O)c1cccc2c(N(C)C)cccc12)C(=O)N[C@@H](CC(C)C)C(=O)O. The zero-order valence-electron chi connectivity index (χ0n) is 30.2. The fourth-order valence-electron chi connectivity index (χ4n) is 5.28. The Morgan fingerprint density at radius 1 is 0.784 bits per heavy atom. The minimum absolute atomic E-state index is 0.00228. The number of aliphatic carboxylic acids is 1. The number of thiol groups is 1. The van der Waals surface area contributed by atoms with Crippen LogP contribution in [0.3, 0.4) is 0 Å². The molecule has 284 valence electrons. The fraction of sp³-hybridized carbons (Fsp3) is 0.559. The average Bonchev–Trinajstić information content (AvgIpc) is 3.06. The van der Waals surface area contributed by atoms with Gasteiger partial charge in [-0.1, -0.05) is 52.0 Å². The molecule has 2 rings (SSSR count). The van der Waals surface area contributed by atoms with E-state index in [0.717, 1.165) is 5.69 Å². The van der Waals surface area contributed by atoms with Crippen LogP contribution >= 0.6 is 24.4 Å². The van der Waals surface area contributed by atoms with Crippen molar-refractivity contribution in [3.8, 4) is 0 Å². The molecule has 0 aliphatic rings. The average molecular weight is 769 g/mol. The number of anilines is 1. The first-order chi connectivity index (χ1) is 23.9. The molecule has 14 nitrogen and oxygen atoms in total. The van der Waals surface area contributed by atoms with Crippen molar-refractivity contribution in [3.05, 3.63) is 36.4 Å². The number of thioether (sulfide) groups is 1. The molecule has 2 aromatic rings. The molecule has 6 N–H and O–H groups in total. The Kier molecular flexibility index (Phi) is 17.5. The lowest BCUT2D eigenvalue weighted by molar-refractivity contribution is -0.142. The molecule has 0 saturated heterocycles. The van der Waals surface area contributed by atoms with Crippen molar-refractivity contribution < 1.29 is 37.5 Å². The summed E-state index contributed by atoms with van der Waals surface area (Å²) in [6.07, 6.45) is 2.44. The van der Waals surface area contributed by atoms with E-state index < -0.39 is 70.3 Å². The summed E-state index contributed by atoms with van der Waals surface area (Å²) < 4.78 is 28.9. The van der Waals surface area contributed by atoms with E-state index in [4.69, 9.17) is 0 Å². The number of hydrogen-bond acceptors (Lipinski definition) is 10. The number of hydrogen-bond donors (Lipinski definition) is 7. The maximum absolute atomic E-state index is 13.5. The van der Waals surface area contributed by atoms with Crippen LogP contribution in [-0.2, 0) is 34.0 Å². The Morgan fingerprint density at radius 3 is 1.88 bits per heavy atom. The molecule has 0 aliphatic heterocycles. The van der Waals surface area contributed by atoms with Gasteiger partial charge in [-0.2, -0.15) is 24.4 Å². The van der Waals surface area contributed by atoms with Gasteiger partial charge >= 0.3 is 5.97 Å². The van der Waals surface area contributed by atoms with Crippen molar-refractivity contribution >= 4 is 80.5 Å². The summed E-state index contributed by atoms with van der Waals surface area (Å²) in [5.41, 5.74) is 0.821. The number of benzene rings is 2. The van der Waals surface area contributed by atoms with E-state index in [2.05, 4.69) is 38.6 Å². The Morgan fingerprint density at radius 2 is 1.31 bits per heavy atom. The highest BCUT2D eigenvalue weighted by Crippen LogP contribution is 2.30. The van der Waals surface area contributed by atoms with Crippen LogP contribution in [0.5, 0.6) is 0 Å². The van der Waals surface area contributed by atoms with Crippen molar-refractivity contribution in [2.75, 3.05) is 43.3 Å². The predicted octanol–water partition coefficient (Wildman–Crippen LogP) is 1.98. The zero-order valence-corrected chi connectivity index (χ0v) is 32.7. The topological polar surface area (TPSA) is 203 Å². The van der Waals surface area contributed by atoms with Gasteiger partial charge in [-0.15, -0.1) is 0 Å². The van der Waals surface area contributed by atoms with Crippen molar-refractivity contribution in [1.29, 1.82) is 0 Å². The van der Waals surface area contributed by atoms with Crippen molar-refractivity contribution in [2.45, 2.75) is 76.0 Å². The number of rotatable bonds is 21. The molecular weight excluding hydrogens is 717 g/mol. The van der Waals surface area contributed by atoms with Crippen LogP contribution in [0.2, 0.25) is 0 Å². The number of carbonyl (C=O) groups is 5. The van der Waals surface area contributed by atoms with Gasteiger partial charge in [0.05, 0.1) is 11.4 Å². The molecule has 0 bridgehead atoms. The molecule has 4 atom stereocenters. The largest absolute Gasteiger partial charge is 0.480 e. The molecule has 0 saturated carbocycles. The first-order valence-corrected chi connectivity index (χ1v) is 20.1. The van der Waals surface area contributed by atoms with Crippen LogP contribution < -0.4 is 30.9 Å². The highest BCUT2D eigenvalue weighted by atomic mass is 32.2. The number of carboxylic acids is 1. The summed E-state index contributed by atoms with van der Waals surface area (Å²) in [5.74, 6) is -3.75. The lowest BCUT2D eigenvalue weighted by Crippen LogP contribution is -2.58. The van der Waals surface area contributed by atoms with Crippen LogP contribution in [0, 0.1) is 11.8 Å². The molecule has 51 heavy (non-hydrogen) atoms. The summed E-state index contributed by atoms with van der Waals surface area (Å²) >= 11 is 5.64. The lowest BCUT2D eigenvalue weighted by atomic mass is 10.0. The van der Waals surface area contributed by atoms with Crippen molar-refractivity contribution in [1.82, 2.24) is 26.0 Å². The van der Waals surface area contributed by atoms with Crippen LogP contribution in [0.25, 0.3) is 10.8 Å². The smallest absolute Gasteiger partial charge is 0.326 e.